The third-order valence-corrected chi connectivity index (χ3v) is 11.3. The highest BCUT2D eigenvalue weighted by molar-refractivity contribution is 5.83. The Morgan fingerprint density at radius 1 is 1.02 bits per heavy atom. The first-order chi connectivity index (χ1) is 22.8. The van der Waals surface area contributed by atoms with Crippen LogP contribution in [0.5, 0.6) is 0 Å². The lowest BCUT2D eigenvalue weighted by Crippen LogP contribution is -2.59. The molecule has 1 aromatic carbocycles. The Balaban J connectivity index is 2.00. The Labute approximate surface area is 293 Å². The molecule has 2 heterocycles. The topological polar surface area (TPSA) is 135 Å². The molecule has 2 aliphatic rings. The maximum Gasteiger partial charge on any atom is 0.311 e. The summed E-state index contributed by atoms with van der Waals surface area (Å²) in [6.07, 6.45) is 1.19. The number of nitrogens with zero attached hydrogens (tertiary/aromatic N) is 1. The summed E-state index contributed by atoms with van der Waals surface area (Å²) in [7, 11) is 3.62. The van der Waals surface area contributed by atoms with Crippen molar-refractivity contribution in [1.29, 1.82) is 0 Å². The van der Waals surface area contributed by atoms with Crippen molar-refractivity contribution in [2.24, 2.45) is 29.6 Å². The fourth-order valence-corrected chi connectivity index (χ4v) is 7.92. The summed E-state index contributed by atoms with van der Waals surface area (Å²) in [5.41, 5.74) is -1.08. The largest absolute Gasteiger partial charge is 0.459 e. The Morgan fingerprint density at radius 3 is 2.18 bits per heavy atom. The van der Waals surface area contributed by atoms with Crippen molar-refractivity contribution in [3.05, 3.63) is 35.4 Å². The smallest absolute Gasteiger partial charge is 0.311 e. The third kappa shape index (κ3) is 9.12. The molecule has 276 valence electrons. The van der Waals surface area contributed by atoms with Crippen LogP contribution < -0.4 is 0 Å². The molecule has 0 radical (unpaired) electrons. The fraction of sp³-hybridized carbons (Fsp3) is 0.744. The molecule has 2 saturated heterocycles. The van der Waals surface area contributed by atoms with Gasteiger partial charge in [-0.05, 0) is 71.7 Å². The van der Waals surface area contributed by atoms with E-state index in [9.17, 15) is 24.9 Å². The molecule has 3 N–H and O–H groups in total. The maximum absolute atomic E-state index is 13.8. The number of rotatable bonds is 7. The molecule has 0 spiro atoms. The van der Waals surface area contributed by atoms with E-state index >= 15 is 0 Å². The zero-order valence-corrected chi connectivity index (χ0v) is 31.4. The number of cyclic esters (lactones) is 1. The van der Waals surface area contributed by atoms with Crippen LogP contribution in [0, 0.1) is 41.9 Å². The zero-order valence-electron chi connectivity index (χ0n) is 31.4. The number of ether oxygens (including phenoxy) is 4. The quantitative estimate of drug-likeness (QED) is 0.281. The van der Waals surface area contributed by atoms with Crippen molar-refractivity contribution in [2.45, 2.75) is 142 Å². The lowest BCUT2D eigenvalue weighted by atomic mass is 9.74. The van der Waals surface area contributed by atoms with Gasteiger partial charge < -0.3 is 34.3 Å². The van der Waals surface area contributed by atoms with E-state index in [1.54, 1.807) is 34.6 Å². The van der Waals surface area contributed by atoms with Crippen LogP contribution in [0.15, 0.2) is 24.3 Å². The number of benzene rings is 1. The van der Waals surface area contributed by atoms with Crippen molar-refractivity contribution in [2.75, 3.05) is 14.2 Å². The molecule has 10 heteroatoms. The third-order valence-electron chi connectivity index (χ3n) is 11.3. The number of aliphatic hydroxyl groups is 3. The van der Waals surface area contributed by atoms with Crippen LogP contribution in [0.25, 0.3) is 0 Å². The highest BCUT2D eigenvalue weighted by Gasteiger charge is 2.51. The number of methoxy groups -OCH3 is 1. The second-order valence-corrected chi connectivity index (χ2v) is 15.2. The number of esters is 1. The van der Waals surface area contributed by atoms with Crippen LogP contribution in [-0.4, -0.2) is 100 Å². The number of aliphatic hydroxyl groups excluding tert-OH is 2. The van der Waals surface area contributed by atoms with Gasteiger partial charge >= 0.3 is 5.97 Å². The summed E-state index contributed by atoms with van der Waals surface area (Å²) in [6.45, 7) is 16.4. The Kier molecular flexibility index (Phi) is 14.1. The first-order valence-electron chi connectivity index (χ1n) is 17.8. The van der Waals surface area contributed by atoms with E-state index in [1.807, 2.05) is 38.1 Å². The molecule has 3 rings (SSSR count). The first kappa shape index (κ1) is 41.1. The lowest BCUT2D eigenvalue weighted by Gasteiger charge is -2.49. The van der Waals surface area contributed by atoms with E-state index in [2.05, 4.69) is 24.8 Å². The van der Waals surface area contributed by atoms with Crippen LogP contribution in [0.3, 0.4) is 0 Å². The average Bonchev–Trinajstić information content (AvgIpc) is 3.08. The van der Waals surface area contributed by atoms with Crippen molar-refractivity contribution in [3.8, 4) is 12.3 Å². The van der Waals surface area contributed by atoms with E-state index < -0.39 is 71.5 Å². The van der Waals surface area contributed by atoms with Crippen molar-refractivity contribution in [3.63, 3.8) is 0 Å². The predicted octanol–water partition coefficient (Wildman–Crippen LogP) is 4.34. The average molecular weight is 688 g/mol. The Hall–Kier alpha value is -2.36. The Morgan fingerprint density at radius 2 is 1.63 bits per heavy atom. The SMILES string of the molecule is C#Cc1ccc(CN(C)[C@H]2C[C@@H](C)O[C@@H](O[C@@H]3[C@@H](C)[C@H](O)[C@@H](C)C(=O)O[C@H](CC)[C@@](C)(O)[C@H](O)[C@@H](C)C(=O)[C@H](C)C[C@@]3(C)OC)[C@@H]2C)cc1. The standard InChI is InChI=1S/C39H61NO9/c1-13-28-15-17-29(18-16-28)21-40(11)30-19-23(4)47-37(24(30)5)49-35-26(7)33(42)27(8)36(44)48-31(14-2)39(10,45)34(43)25(6)32(41)22(3)20-38(35,9)46-12/h1,15-18,22-27,30-31,33-35,37,42-43,45H,14,19-21H2,2-12H3/t22-,23-,24-,25+,26+,27-,30+,31-,33+,34-,35-,37+,38-,39-/m1/s1. The molecule has 0 aliphatic carbocycles. The molecular formula is C39H61NO9. The predicted molar refractivity (Wildman–Crippen MR) is 187 cm³/mol. The molecule has 0 unspecified atom stereocenters. The van der Waals surface area contributed by atoms with Crippen LogP contribution in [0.4, 0.5) is 0 Å². The van der Waals surface area contributed by atoms with E-state index in [0.717, 1.165) is 17.5 Å². The van der Waals surface area contributed by atoms with Crippen LogP contribution in [-0.2, 0) is 35.1 Å². The van der Waals surface area contributed by atoms with Gasteiger partial charge in [0.2, 0.25) is 0 Å². The van der Waals surface area contributed by atoms with Crippen molar-refractivity contribution < 1.29 is 43.9 Å². The highest BCUT2D eigenvalue weighted by Crippen LogP contribution is 2.40. The molecule has 1 aromatic rings. The van der Waals surface area contributed by atoms with Gasteiger partial charge in [-0.15, -0.1) is 6.42 Å². The molecule has 14 atom stereocenters. The van der Waals surface area contributed by atoms with Crippen LogP contribution in [0.1, 0.15) is 92.7 Å². The van der Waals surface area contributed by atoms with E-state index in [1.165, 1.54) is 14.0 Å². The summed E-state index contributed by atoms with van der Waals surface area (Å²) < 4.78 is 25.3. The lowest BCUT2D eigenvalue weighted by molar-refractivity contribution is -0.288. The number of Topliss-reactive ketones (excluding diaryl/α,β-unsaturated/α-hetero) is 1. The van der Waals surface area contributed by atoms with Gasteiger partial charge in [-0.3, -0.25) is 14.5 Å². The van der Waals surface area contributed by atoms with E-state index in [4.69, 9.17) is 25.4 Å². The molecule has 49 heavy (non-hydrogen) atoms. The van der Waals surface area contributed by atoms with Gasteiger partial charge in [-0.2, -0.15) is 0 Å². The maximum atomic E-state index is 13.8. The van der Waals surface area contributed by atoms with Gasteiger partial charge in [0.05, 0.1) is 35.9 Å². The monoisotopic (exact) mass is 687 g/mol. The Bertz CT molecular complexity index is 1290. The molecule has 2 aliphatic heterocycles. The van der Waals surface area contributed by atoms with Gasteiger partial charge in [0, 0.05) is 48.9 Å². The minimum Gasteiger partial charge on any atom is -0.459 e. The summed E-state index contributed by atoms with van der Waals surface area (Å²) in [5.74, 6) is -1.73. The summed E-state index contributed by atoms with van der Waals surface area (Å²) in [6, 6.07) is 8.03. The molecule has 2 fully saturated rings. The van der Waals surface area contributed by atoms with Gasteiger partial charge in [-0.25, -0.2) is 0 Å². The summed E-state index contributed by atoms with van der Waals surface area (Å²) in [4.78, 5) is 29.6. The van der Waals surface area contributed by atoms with Gasteiger partial charge in [0.15, 0.2) is 6.29 Å². The summed E-state index contributed by atoms with van der Waals surface area (Å²) >= 11 is 0. The fourth-order valence-electron chi connectivity index (χ4n) is 7.92. The number of carbonyl (C=O) groups is 2. The van der Waals surface area contributed by atoms with Gasteiger partial charge in [-0.1, -0.05) is 52.7 Å². The second kappa shape index (κ2) is 16.8. The normalized spacial score (nSPS) is 41.5. The molecule has 0 saturated carbocycles. The molecule has 0 aromatic heterocycles. The number of carbonyl (C=O) groups excluding carboxylic acids is 2. The number of ketones is 1. The minimum absolute atomic E-state index is 0.0871. The number of hydrogen-bond donors (Lipinski definition) is 3. The van der Waals surface area contributed by atoms with Crippen molar-refractivity contribution >= 4 is 11.8 Å². The van der Waals surface area contributed by atoms with Crippen LogP contribution >= 0.6 is 0 Å². The first-order valence-corrected chi connectivity index (χ1v) is 17.8. The molecule has 0 bridgehead atoms. The number of hydrogen-bond acceptors (Lipinski definition) is 10. The second-order valence-electron chi connectivity index (χ2n) is 15.2. The van der Waals surface area contributed by atoms with E-state index in [-0.39, 0.29) is 36.7 Å². The van der Waals surface area contributed by atoms with Gasteiger partial charge in [0.25, 0.3) is 0 Å². The van der Waals surface area contributed by atoms with E-state index in [0.29, 0.717) is 6.54 Å². The number of terminal acetylenes is 1. The zero-order chi connectivity index (χ0) is 37.0. The molecule has 10 nitrogen and oxygen atoms in total. The minimum atomic E-state index is -1.91. The van der Waals surface area contributed by atoms with Crippen LogP contribution in [0.2, 0.25) is 0 Å². The highest BCUT2D eigenvalue weighted by atomic mass is 16.7. The molecular weight excluding hydrogens is 626 g/mol. The van der Waals surface area contributed by atoms with Crippen molar-refractivity contribution in [1.82, 2.24) is 4.90 Å². The van der Waals surface area contributed by atoms with Gasteiger partial charge in [0.1, 0.15) is 17.5 Å². The molecule has 0 amide bonds. The summed E-state index contributed by atoms with van der Waals surface area (Å²) in [5, 5.41) is 34.4.